The molecule has 0 saturated heterocycles. The van der Waals surface area contributed by atoms with E-state index in [1.807, 2.05) is 18.2 Å². The highest BCUT2D eigenvalue weighted by atomic mass is 15.3. The highest BCUT2D eigenvalue weighted by molar-refractivity contribution is 5.37. The maximum absolute atomic E-state index is 4.36. The quantitative estimate of drug-likeness (QED) is 0.805. The number of hydrogen-bond acceptors (Lipinski definition) is 6. The van der Waals surface area contributed by atoms with Gasteiger partial charge in [0.25, 0.3) is 0 Å². The summed E-state index contributed by atoms with van der Waals surface area (Å²) < 4.78 is 0. The number of anilines is 2. The van der Waals surface area contributed by atoms with Gasteiger partial charge in [0.05, 0.1) is 18.4 Å². The van der Waals surface area contributed by atoms with E-state index in [9.17, 15) is 0 Å². The number of nitrogens with zero attached hydrogens (tertiary/aromatic N) is 4. The minimum Gasteiger partial charge on any atom is -0.369 e. The highest BCUT2D eigenvalue weighted by Gasteiger charge is 2.01. The van der Waals surface area contributed by atoms with Crippen LogP contribution in [0.25, 0.3) is 0 Å². The Morgan fingerprint density at radius 1 is 1.20 bits per heavy atom. The Balaban J connectivity index is 1.86. The lowest BCUT2D eigenvalue weighted by molar-refractivity contribution is 0.606. The molecular weight excluding hydrogens is 252 g/mol. The molecule has 0 bridgehead atoms. The number of rotatable bonds is 7. The van der Waals surface area contributed by atoms with Crippen LogP contribution in [0.3, 0.4) is 0 Å². The predicted molar refractivity (Wildman–Crippen MR) is 79.3 cm³/mol. The molecule has 6 heteroatoms. The van der Waals surface area contributed by atoms with Gasteiger partial charge in [-0.25, -0.2) is 0 Å². The third-order valence-corrected chi connectivity index (χ3v) is 2.74. The molecular formula is C14H20N6. The lowest BCUT2D eigenvalue weighted by Gasteiger charge is -2.08. The summed E-state index contributed by atoms with van der Waals surface area (Å²) in [7, 11) is 0. The van der Waals surface area contributed by atoms with Crippen molar-refractivity contribution >= 4 is 11.8 Å². The van der Waals surface area contributed by atoms with Gasteiger partial charge in [0, 0.05) is 12.7 Å². The number of nitrogens with one attached hydrogen (secondary N) is 2. The molecule has 106 valence electrons. The van der Waals surface area contributed by atoms with E-state index in [-0.39, 0.29) is 0 Å². The van der Waals surface area contributed by atoms with E-state index in [2.05, 4.69) is 44.6 Å². The molecule has 0 spiro atoms. The smallest absolute Gasteiger partial charge is 0.245 e. The zero-order valence-corrected chi connectivity index (χ0v) is 11.9. The summed E-state index contributed by atoms with van der Waals surface area (Å²) in [4.78, 5) is 8.59. The van der Waals surface area contributed by atoms with Crippen LogP contribution < -0.4 is 10.6 Å². The molecule has 0 saturated carbocycles. The van der Waals surface area contributed by atoms with Crippen molar-refractivity contribution in [2.75, 3.05) is 17.2 Å². The van der Waals surface area contributed by atoms with Gasteiger partial charge in [0.1, 0.15) is 5.82 Å². The minimum atomic E-state index is 0.505. The second-order valence-corrected chi connectivity index (χ2v) is 4.95. The monoisotopic (exact) mass is 272 g/mol. The Kier molecular flexibility index (Phi) is 5.23. The van der Waals surface area contributed by atoms with E-state index < -0.39 is 0 Å². The molecule has 20 heavy (non-hydrogen) atoms. The minimum absolute atomic E-state index is 0.505. The van der Waals surface area contributed by atoms with Gasteiger partial charge in [-0.05, 0) is 24.5 Å². The Labute approximate surface area is 119 Å². The maximum Gasteiger partial charge on any atom is 0.245 e. The molecule has 0 aliphatic heterocycles. The van der Waals surface area contributed by atoms with Crippen LogP contribution >= 0.6 is 0 Å². The summed E-state index contributed by atoms with van der Waals surface area (Å²) >= 11 is 0. The largest absolute Gasteiger partial charge is 0.369 e. The lowest BCUT2D eigenvalue weighted by atomic mass is 10.1. The van der Waals surface area contributed by atoms with Crippen LogP contribution in [-0.2, 0) is 6.54 Å². The van der Waals surface area contributed by atoms with Gasteiger partial charge in [0.2, 0.25) is 5.95 Å². The normalized spacial score (nSPS) is 10.6. The molecule has 0 atom stereocenters. The molecule has 2 aromatic heterocycles. The predicted octanol–water partition coefficient (Wildman–Crippen LogP) is 2.34. The highest BCUT2D eigenvalue weighted by Crippen LogP contribution is 2.06. The summed E-state index contributed by atoms with van der Waals surface area (Å²) in [5, 5.41) is 14.3. The number of hydrogen-bond donors (Lipinski definition) is 2. The van der Waals surface area contributed by atoms with E-state index in [4.69, 9.17) is 0 Å². The molecule has 0 aliphatic rings. The average molecular weight is 272 g/mol. The van der Waals surface area contributed by atoms with Crippen LogP contribution in [0.2, 0.25) is 0 Å². The number of pyridine rings is 1. The van der Waals surface area contributed by atoms with Crippen LogP contribution in [0.5, 0.6) is 0 Å². The van der Waals surface area contributed by atoms with E-state index in [1.54, 1.807) is 12.4 Å². The van der Waals surface area contributed by atoms with Crippen molar-refractivity contribution in [2.24, 2.45) is 5.92 Å². The summed E-state index contributed by atoms with van der Waals surface area (Å²) in [5.41, 5.74) is 0.939. The summed E-state index contributed by atoms with van der Waals surface area (Å²) in [5.74, 6) is 1.91. The Bertz CT molecular complexity index is 514. The molecule has 2 aromatic rings. The maximum atomic E-state index is 4.36. The van der Waals surface area contributed by atoms with Crippen molar-refractivity contribution in [3.63, 3.8) is 0 Å². The van der Waals surface area contributed by atoms with Crippen molar-refractivity contribution in [3.8, 4) is 0 Å². The van der Waals surface area contributed by atoms with Crippen LogP contribution in [0.15, 0.2) is 30.6 Å². The summed E-state index contributed by atoms with van der Waals surface area (Å²) in [6.45, 7) is 5.85. The van der Waals surface area contributed by atoms with E-state index in [0.717, 1.165) is 24.5 Å². The second-order valence-electron chi connectivity index (χ2n) is 4.95. The molecule has 0 radical (unpaired) electrons. The van der Waals surface area contributed by atoms with Crippen molar-refractivity contribution in [1.29, 1.82) is 0 Å². The van der Waals surface area contributed by atoms with E-state index in [1.165, 1.54) is 0 Å². The fourth-order valence-corrected chi connectivity index (χ4v) is 1.62. The van der Waals surface area contributed by atoms with Crippen molar-refractivity contribution < 1.29 is 0 Å². The fraction of sp³-hybridized carbons (Fsp3) is 0.429. The standard InChI is InChI=1S/C14H20N6/c1-11(2)6-8-16-13-10-18-20-14(19-13)17-9-12-5-3-4-7-15-12/h3-5,7,10-11H,6,8-9H2,1-2H3,(H2,16,17,19,20). The van der Waals surface area contributed by atoms with E-state index >= 15 is 0 Å². The molecule has 0 fully saturated rings. The zero-order valence-electron chi connectivity index (χ0n) is 11.9. The van der Waals surface area contributed by atoms with Crippen molar-refractivity contribution in [1.82, 2.24) is 20.2 Å². The van der Waals surface area contributed by atoms with Gasteiger partial charge < -0.3 is 10.6 Å². The van der Waals surface area contributed by atoms with Crippen molar-refractivity contribution in [2.45, 2.75) is 26.8 Å². The first-order valence-corrected chi connectivity index (χ1v) is 6.81. The van der Waals surface area contributed by atoms with Crippen LogP contribution in [0, 0.1) is 5.92 Å². The second kappa shape index (κ2) is 7.37. The fourth-order valence-electron chi connectivity index (χ4n) is 1.62. The van der Waals surface area contributed by atoms with Crippen molar-refractivity contribution in [3.05, 3.63) is 36.3 Å². The van der Waals surface area contributed by atoms with Crippen LogP contribution in [0.4, 0.5) is 11.8 Å². The molecule has 0 unspecified atom stereocenters. The topological polar surface area (TPSA) is 75.6 Å². The van der Waals surface area contributed by atoms with Crippen LogP contribution in [-0.4, -0.2) is 26.7 Å². The van der Waals surface area contributed by atoms with Gasteiger partial charge in [-0.1, -0.05) is 19.9 Å². The first-order valence-electron chi connectivity index (χ1n) is 6.81. The molecule has 0 aliphatic carbocycles. The van der Waals surface area contributed by atoms with Gasteiger partial charge in [-0.2, -0.15) is 10.1 Å². The number of aromatic nitrogens is 4. The Morgan fingerprint density at radius 2 is 2.10 bits per heavy atom. The van der Waals surface area contributed by atoms with Gasteiger partial charge in [-0.3, -0.25) is 4.98 Å². The first kappa shape index (κ1) is 14.2. The zero-order chi connectivity index (χ0) is 14.2. The molecule has 2 N–H and O–H groups in total. The molecule has 2 heterocycles. The molecule has 0 aromatic carbocycles. The Morgan fingerprint density at radius 3 is 2.85 bits per heavy atom. The average Bonchev–Trinajstić information content (AvgIpc) is 2.46. The Hall–Kier alpha value is -2.24. The molecule has 6 nitrogen and oxygen atoms in total. The third kappa shape index (κ3) is 4.79. The van der Waals surface area contributed by atoms with Gasteiger partial charge in [0.15, 0.2) is 0 Å². The molecule has 0 amide bonds. The third-order valence-electron chi connectivity index (χ3n) is 2.74. The summed E-state index contributed by atoms with van der Waals surface area (Å²) in [6.07, 6.45) is 4.49. The van der Waals surface area contributed by atoms with E-state index in [0.29, 0.717) is 18.4 Å². The first-order chi connectivity index (χ1) is 9.74. The lowest BCUT2D eigenvalue weighted by Crippen LogP contribution is -2.10. The van der Waals surface area contributed by atoms with Gasteiger partial charge in [-0.15, -0.1) is 5.10 Å². The SMILES string of the molecule is CC(C)CCNc1cnnc(NCc2ccccn2)n1. The van der Waals surface area contributed by atoms with Gasteiger partial charge >= 0.3 is 0 Å². The summed E-state index contributed by atoms with van der Waals surface area (Å²) in [6, 6.07) is 5.79. The molecule has 2 rings (SSSR count). The van der Waals surface area contributed by atoms with Crippen LogP contribution in [0.1, 0.15) is 26.0 Å².